The van der Waals surface area contributed by atoms with Gasteiger partial charge in [-0.2, -0.15) is 0 Å². The number of carbonyl (C=O) groups excluding carboxylic acids is 3. The number of anilines is 1. The van der Waals surface area contributed by atoms with Crippen molar-refractivity contribution in [1.82, 2.24) is 0 Å². The van der Waals surface area contributed by atoms with Gasteiger partial charge >= 0.3 is 5.97 Å². The SMILES string of the molecule is CC(=O)c1ccc(-c2ccc(C(=O)OCC(=O)Nc3cc(Cl)ccc3C)o2)cc1. The van der Waals surface area contributed by atoms with Gasteiger partial charge in [0.2, 0.25) is 5.76 Å². The van der Waals surface area contributed by atoms with Crippen LogP contribution in [0.5, 0.6) is 0 Å². The fourth-order valence-electron chi connectivity index (χ4n) is 2.59. The Morgan fingerprint density at radius 2 is 1.76 bits per heavy atom. The molecule has 1 aromatic heterocycles. The van der Waals surface area contributed by atoms with Crippen LogP contribution >= 0.6 is 11.6 Å². The van der Waals surface area contributed by atoms with E-state index in [2.05, 4.69) is 5.32 Å². The summed E-state index contributed by atoms with van der Waals surface area (Å²) >= 11 is 5.92. The number of hydrogen-bond acceptors (Lipinski definition) is 5. The van der Waals surface area contributed by atoms with Crippen LogP contribution < -0.4 is 5.32 Å². The molecule has 0 saturated heterocycles. The van der Waals surface area contributed by atoms with E-state index in [4.69, 9.17) is 20.8 Å². The quantitative estimate of drug-likeness (QED) is 0.460. The van der Waals surface area contributed by atoms with E-state index in [1.165, 1.54) is 13.0 Å². The van der Waals surface area contributed by atoms with E-state index in [0.717, 1.165) is 5.56 Å². The molecule has 0 fully saturated rings. The first-order valence-corrected chi connectivity index (χ1v) is 9.15. The highest BCUT2D eigenvalue weighted by atomic mass is 35.5. The number of hydrogen-bond donors (Lipinski definition) is 1. The summed E-state index contributed by atoms with van der Waals surface area (Å²) in [6.07, 6.45) is 0. The molecule has 7 heteroatoms. The van der Waals surface area contributed by atoms with Crippen molar-refractivity contribution in [1.29, 1.82) is 0 Å². The van der Waals surface area contributed by atoms with Crippen LogP contribution in [0.3, 0.4) is 0 Å². The Balaban J connectivity index is 1.59. The van der Waals surface area contributed by atoms with Gasteiger partial charge in [-0.15, -0.1) is 0 Å². The van der Waals surface area contributed by atoms with Gasteiger partial charge in [0, 0.05) is 21.8 Å². The number of benzene rings is 2. The first-order valence-electron chi connectivity index (χ1n) is 8.78. The molecule has 0 bridgehead atoms. The van der Waals surface area contributed by atoms with Crippen LogP contribution in [-0.2, 0) is 9.53 Å². The number of ketones is 1. The molecule has 29 heavy (non-hydrogen) atoms. The second-order valence-electron chi connectivity index (χ2n) is 6.38. The maximum atomic E-state index is 12.1. The number of Topliss-reactive ketones (excluding diaryl/α,β-unsaturated/α-hetero) is 1. The van der Waals surface area contributed by atoms with Gasteiger partial charge in [-0.3, -0.25) is 9.59 Å². The molecule has 0 aliphatic carbocycles. The largest absolute Gasteiger partial charge is 0.450 e. The maximum absolute atomic E-state index is 12.1. The van der Waals surface area contributed by atoms with Gasteiger partial charge in [0.15, 0.2) is 12.4 Å². The van der Waals surface area contributed by atoms with Crippen LogP contribution in [0.1, 0.15) is 33.4 Å². The van der Waals surface area contributed by atoms with Crippen LogP contribution in [0.2, 0.25) is 5.02 Å². The Morgan fingerprint density at radius 1 is 1.03 bits per heavy atom. The zero-order chi connectivity index (χ0) is 21.0. The number of ether oxygens (including phenoxy) is 1. The molecular formula is C22H18ClNO5. The number of carbonyl (C=O) groups is 3. The van der Waals surface area contributed by atoms with Crippen molar-refractivity contribution in [2.45, 2.75) is 13.8 Å². The third-order valence-corrected chi connectivity index (χ3v) is 4.43. The molecule has 6 nitrogen and oxygen atoms in total. The zero-order valence-electron chi connectivity index (χ0n) is 15.8. The molecule has 0 unspecified atom stereocenters. The van der Waals surface area contributed by atoms with Crippen LogP contribution in [0, 0.1) is 6.92 Å². The number of furan rings is 1. The average Bonchev–Trinajstić information content (AvgIpc) is 3.19. The molecule has 0 aliphatic heterocycles. The third kappa shape index (κ3) is 5.12. The first kappa shape index (κ1) is 20.4. The molecule has 1 amide bonds. The van der Waals surface area contributed by atoms with Gasteiger partial charge in [-0.05, 0) is 43.7 Å². The van der Waals surface area contributed by atoms with Gasteiger partial charge in [-0.25, -0.2) is 4.79 Å². The van der Waals surface area contributed by atoms with Crippen molar-refractivity contribution >= 4 is 34.9 Å². The maximum Gasteiger partial charge on any atom is 0.374 e. The summed E-state index contributed by atoms with van der Waals surface area (Å²) in [6, 6.07) is 15.0. The minimum atomic E-state index is -0.755. The molecule has 0 aliphatic rings. The molecule has 1 N–H and O–H groups in total. The van der Waals surface area contributed by atoms with Crippen molar-refractivity contribution in [3.63, 3.8) is 0 Å². The Kier molecular flexibility index (Phi) is 6.14. The number of nitrogens with one attached hydrogen (secondary N) is 1. The number of amides is 1. The van der Waals surface area contributed by atoms with Gasteiger partial charge in [0.25, 0.3) is 5.91 Å². The van der Waals surface area contributed by atoms with Gasteiger partial charge < -0.3 is 14.5 Å². The van der Waals surface area contributed by atoms with E-state index in [9.17, 15) is 14.4 Å². The summed E-state index contributed by atoms with van der Waals surface area (Å²) < 4.78 is 10.5. The van der Waals surface area contributed by atoms with Crippen molar-refractivity contribution < 1.29 is 23.5 Å². The molecule has 1 heterocycles. The number of aryl methyl sites for hydroxylation is 1. The Hall–Kier alpha value is -3.38. The fraction of sp³-hybridized carbons (Fsp3) is 0.136. The van der Waals surface area contributed by atoms with E-state index < -0.39 is 18.5 Å². The standard InChI is InChI=1S/C22H18ClNO5/c1-13-3-8-17(23)11-18(13)24-21(26)12-28-22(27)20-10-9-19(29-20)16-6-4-15(5-7-16)14(2)25/h3-11H,12H2,1-2H3,(H,24,26). The highest BCUT2D eigenvalue weighted by molar-refractivity contribution is 6.31. The van der Waals surface area contributed by atoms with Crippen molar-refractivity contribution in [2.75, 3.05) is 11.9 Å². The van der Waals surface area contributed by atoms with Crippen LogP contribution in [0.15, 0.2) is 59.0 Å². The van der Waals surface area contributed by atoms with E-state index >= 15 is 0 Å². The van der Waals surface area contributed by atoms with Crippen molar-refractivity contribution in [3.05, 3.63) is 76.5 Å². The normalized spacial score (nSPS) is 10.4. The lowest BCUT2D eigenvalue weighted by Crippen LogP contribution is -2.21. The second kappa shape index (κ2) is 8.75. The summed E-state index contributed by atoms with van der Waals surface area (Å²) in [5, 5.41) is 3.13. The molecular weight excluding hydrogens is 394 g/mol. The van der Waals surface area contributed by atoms with Crippen molar-refractivity contribution in [3.8, 4) is 11.3 Å². The van der Waals surface area contributed by atoms with Crippen LogP contribution in [0.25, 0.3) is 11.3 Å². The van der Waals surface area contributed by atoms with Crippen LogP contribution in [0.4, 0.5) is 5.69 Å². The van der Waals surface area contributed by atoms with Crippen LogP contribution in [-0.4, -0.2) is 24.3 Å². The molecule has 0 atom stereocenters. The molecule has 0 radical (unpaired) electrons. The molecule has 0 spiro atoms. The zero-order valence-corrected chi connectivity index (χ0v) is 16.6. The lowest BCUT2D eigenvalue weighted by molar-refractivity contribution is -0.119. The summed E-state index contributed by atoms with van der Waals surface area (Å²) in [5.41, 5.74) is 2.68. The third-order valence-electron chi connectivity index (χ3n) is 4.19. The average molecular weight is 412 g/mol. The lowest BCUT2D eigenvalue weighted by atomic mass is 10.1. The number of esters is 1. The summed E-state index contributed by atoms with van der Waals surface area (Å²) in [6.45, 7) is 2.85. The molecule has 148 valence electrons. The molecule has 0 saturated carbocycles. The Labute approximate surface area is 172 Å². The number of halogens is 1. The van der Waals surface area contributed by atoms with E-state index in [1.54, 1.807) is 48.5 Å². The second-order valence-corrected chi connectivity index (χ2v) is 6.82. The minimum Gasteiger partial charge on any atom is -0.450 e. The van der Waals surface area contributed by atoms with Gasteiger partial charge in [0.1, 0.15) is 5.76 Å². The molecule has 3 rings (SSSR count). The van der Waals surface area contributed by atoms with Gasteiger partial charge in [-0.1, -0.05) is 41.9 Å². The smallest absolute Gasteiger partial charge is 0.374 e. The molecule has 2 aromatic carbocycles. The van der Waals surface area contributed by atoms with E-state index in [0.29, 0.717) is 27.6 Å². The monoisotopic (exact) mass is 411 g/mol. The Morgan fingerprint density at radius 3 is 2.45 bits per heavy atom. The molecule has 3 aromatic rings. The summed E-state index contributed by atoms with van der Waals surface area (Å²) in [7, 11) is 0. The number of rotatable bonds is 6. The lowest BCUT2D eigenvalue weighted by Gasteiger charge is -2.09. The first-order chi connectivity index (χ1) is 13.8. The van der Waals surface area contributed by atoms with E-state index in [1.807, 2.05) is 6.92 Å². The van der Waals surface area contributed by atoms with Gasteiger partial charge in [0.05, 0.1) is 0 Å². The predicted octanol–water partition coefficient (Wildman–Crippen LogP) is 4.91. The summed E-state index contributed by atoms with van der Waals surface area (Å²) in [4.78, 5) is 35.5. The highest BCUT2D eigenvalue weighted by Crippen LogP contribution is 2.23. The van der Waals surface area contributed by atoms with Crippen molar-refractivity contribution in [2.24, 2.45) is 0 Å². The minimum absolute atomic E-state index is 0.0256. The fourth-order valence-corrected chi connectivity index (χ4v) is 2.76. The van der Waals surface area contributed by atoms with E-state index in [-0.39, 0.29) is 11.5 Å². The Bertz CT molecular complexity index is 1070. The highest BCUT2D eigenvalue weighted by Gasteiger charge is 2.16. The predicted molar refractivity (Wildman–Crippen MR) is 109 cm³/mol. The summed E-state index contributed by atoms with van der Waals surface area (Å²) in [5.74, 6) is -0.857. The topological polar surface area (TPSA) is 85.6 Å².